The fourth-order valence-corrected chi connectivity index (χ4v) is 2.49. The van der Waals surface area contributed by atoms with Gasteiger partial charge in [-0.3, -0.25) is 4.57 Å². The molecule has 0 aliphatic carbocycles. The highest BCUT2D eigenvalue weighted by molar-refractivity contribution is 9.10. The molecule has 0 unspecified atom stereocenters. The smallest absolute Gasteiger partial charge is 0.205 e. The number of hydrogen-bond acceptors (Lipinski definition) is 3. The zero-order valence-corrected chi connectivity index (χ0v) is 12.8. The van der Waals surface area contributed by atoms with E-state index < -0.39 is 0 Å². The fraction of sp³-hybridized carbons (Fsp3) is 0.133. The van der Waals surface area contributed by atoms with E-state index in [9.17, 15) is 0 Å². The van der Waals surface area contributed by atoms with Gasteiger partial charge in [-0.1, -0.05) is 15.9 Å². The Labute approximate surface area is 125 Å². The van der Waals surface area contributed by atoms with Gasteiger partial charge in [0.15, 0.2) is 0 Å². The molecule has 3 aromatic rings. The molecule has 0 radical (unpaired) electrons. The predicted molar refractivity (Wildman–Crippen MR) is 84.5 cm³/mol. The Morgan fingerprint density at radius 2 is 2.00 bits per heavy atom. The molecule has 2 N–H and O–H groups in total. The third-order valence-electron chi connectivity index (χ3n) is 3.29. The van der Waals surface area contributed by atoms with E-state index in [1.54, 1.807) is 7.11 Å². The first-order valence-electron chi connectivity index (χ1n) is 6.18. The van der Waals surface area contributed by atoms with E-state index in [1.807, 2.05) is 41.8 Å². The average Bonchev–Trinajstić information content (AvgIpc) is 2.77. The van der Waals surface area contributed by atoms with Gasteiger partial charge in [-0.05, 0) is 42.8 Å². The molecule has 0 spiro atoms. The molecule has 1 aromatic heterocycles. The standard InChI is InChI=1S/C15H14BrN3O/c1-9-7-10(3-5-12(9)16)19-14-8-11(20-2)4-6-13(14)18-15(19)17/h3-8H,1-2H3,(H2,17,18). The fourth-order valence-electron chi connectivity index (χ4n) is 2.24. The van der Waals surface area contributed by atoms with E-state index in [0.717, 1.165) is 32.5 Å². The van der Waals surface area contributed by atoms with Gasteiger partial charge < -0.3 is 10.5 Å². The van der Waals surface area contributed by atoms with Gasteiger partial charge in [-0.15, -0.1) is 0 Å². The molecular formula is C15H14BrN3O. The zero-order chi connectivity index (χ0) is 14.3. The SMILES string of the molecule is COc1ccc2nc(N)n(-c3ccc(Br)c(C)c3)c2c1. The van der Waals surface area contributed by atoms with Crippen molar-refractivity contribution in [2.75, 3.05) is 12.8 Å². The van der Waals surface area contributed by atoms with Crippen molar-refractivity contribution in [3.8, 4) is 11.4 Å². The number of aryl methyl sites for hydroxylation is 1. The van der Waals surface area contributed by atoms with Crippen LogP contribution in [0.1, 0.15) is 5.56 Å². The van der Waals surface area contributed by atoms with Crippen LogP contribution in [-0.2, 0) is 0 Å². The van der Waals surface area contributed by atoms with E-state index in [1.165, 1.54) is 0 Å². The Hall–Kier alpha value is -2.01. The van der Waals surface area contributed by atoms with Gasteiger partial charge in [0.2, 0.25) is 5.95 Å². The van der Waals surface area contributed by atoms with Crippen molar-refractivity contribution >= 4 is 32.9 Å². The molecule has 0 saturated heterocycles. The summed E-state index contributed by atoms with van der Waals surface area (Å²) in [4.78, 5) is 4.39. The molecule has 5 heteroatoms. The molecule has 0 atom stereocenters. The first-order chi connectivity index (χ1) is 9.60. The minimum atomic E-state index is 0.468. The molecule has 0 aliphatic rings. The van der Waals surface area contributed by atoms with Crippen LogP contribution >= 0.6 is 15.9 Å². The van der Waals surface area contributed by atoms with Crippen molar-refractivity contribution in [3.63, 3.8) is 0 Å². The van der Waals surface area contributed by atoms with Crippen LogP contribution < -0.4 is 10.5 Å². The summed E-state index contributed by atoms with van der Waals surface area (Å²) in [5, 5.41) is 0. The number of aromatic nitrogens is 2. The number of hydrogen-bond donors (Lipinski definition) is 1. The van der Waals surface area contributed by atoms with Gasteiger partial charge in [0.25, 0.3) is 0 Å². The Morgan fingerprint density at radius 3 is 2.70 bits per heavy atom. The molecule has 102 valence electrons. The molecule has 4 nitrogen and oxygen atoms in total. The van der Waals surface area contributed by atoms with Crippen molar-refractivity contribution in [2.24, 2.45) is 0 Å². The summed E-state index contributed by atoms with van der Waals surface area (Å²) < 4.78 is 8.27. The molecular weight excluding hydrogens is 318 g/mol. The topological polar surface area (TPSA) is 53.1 Å². The number of rotatable bonds is 2. The number of methoxy groups -OCH3 is 1. The Balaban J connectivity index is 2.28. The van der Waals surface area contributed by atoms with Gasteiger partial charge in [-0.2, -0.15) is 0 Å². The van der Waals surface area contributed by atoms with Gasteiger partial charge in [0.1, 0.15) is 5.75 Å². The quantitative estimate of drug-likeness (QED) is 0.779. The maximum Gasteiger partial charge on any atom is 0.205 e. The second-order valence-corrected chi connectivity index (χ2v) is 5.45. The molecule has 0 fully saturated rings. The van der Waals surface area contributed by atoms with E-state index in [-0.39, 0.29) is 0 Å². The van der Waals surface area contributed by atoms with Crippen LogP contribution in [0, 0.1) is 6.92 Å². The van der Waals surface area contributed by atoms with Crippen LogP contribution in [0.15, 0.2) is 40.9 Å². The van der Waals surface area contributed by atoms with Crippen LogP contribution in [0.4, 0.5) is 5.95 Å². The van der Waals surface area contributed by atoms with Crippen molar-refractivity contribution in [1.29, 1.82) is 0 Å². The zero-order valence-electron chi connectivity index (χ0n) is 11.2. The second-order valence-electron chi connectivity index (χ2n) is 4.59. The van der Waals surface area contributed by atoms with Crippen LogP contribution in [-0.4, -0.2) is 16.7 Å². The molecule has 2 aromatic carbocycles. The lowest BCUT2D eigenvalue weighted by Crippen LogP contribution is -2.01. The normalized spacial score (nSPS) is 10.9. The summed E-state index contributed by atoms with van der Waals surface area (Å²) in [5.74, 6) is 1.25. The third kappa shape index (κ3) is 2.04. The van der Waals surface area contributed by atoms with Gasteiger partial charge in [-0.25, -0.2) is 4.98 Å². The number of halogens is 1. The highest BCUT2D eigenvalue weighted by Crippen LogP contribution is 2.28. The molecule has 0 aliphatic heterocycles. The van der Waals surface area contributed by atoms with Crippen molar-refractivity contribution in [2.45, 2.75) is 6.92 Å². The second kappa shape index (κ2) is 4.83. The van der Waals surface area contributed by atoms with Crippen LogP contribution in [0.5, 0.6) is 5.75 Å². The van der Waals surface area contributed by atoms with Crippen LogP contribution in [0.3, 0.4) is 0 Å². The summed E-state index contributed by atoms with van der Waals surface area (Å²) >= 11 is 3.51. The lowest BCUT2D eigenvalue weighted by molar-refractivity contribution is 0.415. The molecule has 0 amide bonds. The highest BCUT2D eigenvalue weighted by Gasteiger charge is 2.11. The van der Waals surface area contributed by atoms with Crippen molar-refractivity contribution < 1.29 is 4.74 Å². The lowest BCUT2D eigenvalue weighted by atomic mass is 10.2. The number of imidazole rings is 1. The first-order valence-corrected chi connectivity index (χ1v) is 6.98. The summed E-state index contributed by atoms with van der Waals surface area (Å²) in [7, 11) is 1.65. The number of benzene rings is 2. The molecule has 0 bridgehead atoms. The number of ether oxygens (including phenoxy) is 1. The maximum atomic E-state index is 6.06. The summed E-state index contributed by atoms with van der Waals surface area (Å²) in [6, 6.07) is 11.8. The average molecular weight is 332 g/mol. The molecule has 0 saturated carbocycles. The van der Waals surface area contributed by atoms with Crippen molar-refractivity contribution in [1.82, 2.24) is 9.55 Å². The lowest BCUT2D eigenvalue weighted by Gasteiger charge is -2.09. The first kappa shape index (κ1) is 13.0. The number of anilines is 1. The van der Waals surface area contributed by atoms with E-state index >= 15 is 0 Å². The largest absolute Gasteiger partial charge is 0.497 e. The molecule has 3 rings (SSSR count). The maximum absolute atomic E-state index is 6.06. The monoisotopic (exact) mass is 331 g/mol. The van der Waals surface area contributed by atoms with Crippen LogP contribution in [0.25, 0.3) is 16.7 Å². The molecule has 20 heavy (non-hydrogen) atoms. The predicted octanol–water partition coefficient (Wildman–Crippen LogP) is 3.69. The minimum absolute atomic E-state index is 0.468. The summed E-state index contributed by atoms with van der Waals surface area (Å²) in [6.07, 6.45) is 0. The van der Waals surface area contributed by atoms with Gasteiger partial charge in [0.05, 0.1) is 18.1 Å². The highest BCUT2D eigenvalue weighted by atomic mass is 79.9. The Morgan fingerprint density at radius 1 is 1.20 bits per heavy atom. The summed E-state index contributed by atoms with van der Waals surface area (Å²) in [6.45, 7) is 2.05. The number of fused-ring (bicyclic) bond motifs is 1. The molecule has 1 heterocycles. The number of nitrogens with zero attached hydrogens (tertiary/aromatic N) is 2. The van der Waals surface area contributed by atoms with Crippen molar-refractivity contribution in [3.05, 3.63) is 46.4 Å². The van der Waals surface area contributed by atoms with E-state index in [0.29, 0.717) is 5.95 Å². The Kier molecular flexibility index (Phi) is 3.14. The number of nitrogen functional groups attached to an aromatic ring is 1. The summed E-state index contributed by atoms with van der Waals surface area (Å²) in [5.41, 5.74) is 9.98. The van der Waals surface area contributed by atoms with E-state index in [2.05, 4.69) is 27.0 Å². The van der Waals surface area contributed by atoms with E-state index in [4.69, 9.17) is 10.5 Å². The minimum Gasteiger partial charge on any atom is -0.497 e. The number of nitrogens with two attached hydrogens (primary N) is 1. The van der Waals surface area contributed by atoms with Gasteiger partial charge in [0, 0.05) is 16.2 Å². The Bertz CT molecular complexity index is 795. The third-order valence-corrected chi connectivity index (χ3v) is 4.18. The van der Waals surface area contributed by atoms with Crippen LogP contribution in [0.2, 0.25) is 0 Å². The van der Waals surface area contributed by atoms with Gasteiger partial charge >= 0.3 is 0 Å².